The van der Waals surface area contributed by atoms with Crippen molar-refractivity contribution < 1.29 is 51.7 Å². The molecule has 2 aliphatic heterocycles. The Labute approximate surface area is 176 Å². The minimum absolute atomic E-state index is 0.508. The third-order valence-electron chi connectivity index (χ3n) is 3.09. The summed E-state index contributed by atoms with van der Waals surface area (Å²) in [6.45, 7) is -13.0. The van der Waals surface area contributed by atoms with Crippen molar-refractivity contribution in [3.63, 3.8) is 0 Å². The predicted octanol–water partition coefficient (Wildman–Crippen LogP) is -0.433. The molecule has 1 saturated heterocycles. The molecule has 7 atom stereocenters. The van der Waals surface area contributed by atoms with Crippen molar-refractivity contribution in [2.45, 2.75) is 23.7 Å². The fourth-order valence-electron chi connectivity index (χ4n) is 2.04. The average Bonchev–Trinajstić information content (AvgIpc) is 3.12. The molecular weight excluding hydrogens is 522 g/mol. The van der Waals surface area contributed by atoms with E-state index in [-0.39, 0.29) is 0 Å². The Kier molecular flexibility index (Phi) is 8.18. The van der Waals surface area contributed by atoms with Crippen LogP contribution in [0.25, 0.3) is 0 Å². The van der Waals surface area contributed by atoms with E-state index in [9.17, 15) is 29.5 Å². The minimum atomic E-state index is -4.49. The van der Waals surface area contributed by atoms with Crippen molar-refractivity contribution in [2.24, 2.45) is 0 Å². The molecule has 2 rings (SSSR count). The fraction of sp³-hybridized carbons (Fsp3) is 1.00. The number of ether oxygens (including phenoxy) is 1. The van der Waals surface area contributed by atoms with E-state index in [0.29, 0.717) is 0 Å². The maximum absolute atomic E-state index is 12.0. The summed E-state index contributed by atoms with van der Waals surface area (Å²) >= 11 is 17.3. The summed E-state index contributed by atoms with van der Waals surface area (Å²) in [4.78, 5) is 29.3. The van der Waals surface area contributed by atoms with Crippen molar-refractivity contribution >= 4 is 88.0 Å². The van der Waals surface area contributed by atoms with Gasteiger partial charge in [0.2, 0.25) is 0 Å². The molecule has 0 aliphatic carbocycles. The Hall–Kier alpha value is 2.26. The van der Waals surface area contributed by atoms with Crippen LogP contribution in [0.4, 0.5) is 0 Å². The molecule has 0 bridgehead atoms. The van der Waals surface area contributed by atoms with E-state index in [4.69, 9.17) is 9.26 Å². The van der Waals surface area contributed by atoms with Gasteiger partial charge in [0.1, 0.15) is 0 Å². The second-order valence-electron chi connectivity index (χ2n) is 5.53. The first-order valence-corrected chi connectivity index (χ1v) is 17.8. The quantitative estimate of drug-likeness (QED) is 0.128. The number of aliphatic hydroxyl groups excluding tert-OH is 2. The molecule has 1 fully saturated rings. The number of aliphatic hydroxyl groups is 2. The molecule has 0 aromatic heterocycles. The van der Waals surface area contributed by atoms with Gasteiger partial charge in [0, 0.05) is 6.66 Å². The van der Waals surface area contributed by atoms with Crippen LogP contribution in [0.5, 0.6) is 0 Å². The van der Waals surface area contributed by atoms with E-state index in [2.05, 4.69) is 60.6 Å². The van der Waals surface area contributed by atoms with Crippen molar-refractivity contribution in [2.75, 3.05) is 13.3 Å². The average molecular weight is 536 g/mol. The topological polar surface area (TPSA) is 164 Å². The van der Waals surface area contributed by atoms with Gasteiger partial charge in [-0.15, -0.1) is 0 Å². The van der Waals surface area contributed by atoms with E-state index in [1.54, 1.807) is 0 Å². The van der Waals surface area contributed by atoms with Crippen molar-refractivity contribution in [3.05, 3.63) is 0 Å². The molecule has 27 heavy (non-hydrogen) atoms. The second kappa shape index (κ2) is 8.65. The van der Waals surface area contributed by atoms with Crippen molar-refractivity contribution in [1.29, 1.82) is 0 Å². The van der Waals surface area contributed by atoms with Crippen LogP contribution < -0.4 is 0 Å². The molecular formula is C6H14B2O11P4S4. The third kappa shape index (κ3) is 7.71. The standard InChI is InChI=1S/C6H14B2O11P4S4/c1-20(11,24)17-22(13,26)19-23(14,27)18-21(12,25)15-2-3-4(9)5(10)6(16-3)7-8-6/h3-5,9-10H,2H2,1H3,(H,11,24)(H,12,25)(H,13,26)(H,14,27). The summed E-state index contributed by atoms with van der Waals surface area (Å²) in [5.41, 5.74) is 0. The summed E-state index contributed by atoms with van der Waals surface area (Å²) in [5.74, 6) is 0. The van der Waals surface area contributed by atoms with Gasteiger partial charge in [-0.1, -0.05) is 0 Å². The van der Waals surface area contributed by atoms with Crippen LogP contribution >= 0.6 is 39.0 Å². The Bertz CT molecular complexity index is 813. The summed E-state index contributed by atoms with van der Waals surface area (Å²) in [7, 11) is 0. The van der Waals surface area contributed by atoms with Crippen LogP contribution in [0.2, 0.25) is 0 Å². The Morgan fingerprint density at radius 2 is 1.67 bits per heavy atom. The molecule has 1 spiro atoms. The van der Waals surface area contributed by atoms with Crippen LogP contribution in [0.1, 0.15) is 0 Å². The van der Waals surface area contributed by atoms with Gasteiger partial charge in [-0.25, -0.2) is 0 Å². The third-order valence-corrected chi connectivity index (χ3v) is 12.9. The van der Waals surface area contributed by atoms with Gasteiger partial charge in [-0.3, -0.25) is 0 Å². The summed E-state index contributed by atoms with van der Waals surface area (Å²) in [6, 6.07) is 0. The zero-order valence-electron chi connectivity index (χ0n) is 13.2. The van der Waals surface area contributed by atoms with Gasteiger partial charge < -0.3 is 4.89 Å². The molecule has 21 heteroatoms. The molecule has 7 unspecified atom stereocenters. The first-order chi connectivity index (χ1) is 12.0. The molecule has 0 saturated carbocycles. The second-order valence-corrected chi connectivity index (χ2v) is 18.4. The number of hydrogen-bond acceptors (Lipinski definition) is 11. The van der Waals surface area contributed by atoms with Gasteiger partial charge >= 0.3 is 153 Å². The van der Waals surface area contributed by atoms with Gasteiger partial charge in [0.05, 0.1) is 0 Å². The summed E-state index contributed by atoms with van der Waals surface area (Å²) < 4.78 is 36.0. The first kappa shape index (κ1) is 25.5. The predicted molar refractivity (Wildman–Crippen MR) is 112 cm³/mol. The number of hydrogen-bond donors (Lipinski definition) is 6. The normalized spacial score (nSPS) is 34.6. The van der Waals surface area contributed by atoms with E-state index in [1.165, 1.54) is 13.6 Å². The number of thiol groups is 1. The molecule has 0 aromatic rings. The maximum atomic E-state index is 12.0. The monoisotopic (exact) mass is 536 g/mol. The van der Waals surface area contributed by atoms with Gasteiger partial charge in [0.25, 0.3) is 0 Å². The van der Waals surface area contributed by atoms with Gasteiger partial charge in [-0.05, 0) is 11.8 Å². The Morgan fingerprint density at radius 3 is 2.11 bits per heavy atom. The SMILES string of the molecule is CP(O)(=S)OP(=O)(S)OP(O)(=S)OP(O)(=S)OCC1OC2(B=B2)C(O)C1O. The van der Waals surface area contributed by atoms with Crippen molar-refractivity contribution in [1.82, 2.24) is 0 Å². The van der Waals surface area contributed by atoms with Crippen LogP contribution in [-0.4, -0.2) is 75.5 Å². The first-order valence-electron chi connectivity index (χ1n) is 6.77. The van der Waals surface area contributed by atoms with Gasteiger partial charge in [-0.2, -0.15) is 0 Å². The summed E-state index contributed by atoms with van der Waals surface area (Å²) in [5, 5.41) is 18.7. The van der Waals surface area contributed by atoms with Gasteiger partial charge in [0.15, 0.2) is 0 Å². The Morgan fingerprint density at radius 1 is 1.11 bits per heavy atom. The molecule has 2 heterocycles. The molecule has 5 N–H and O–H groups in total. The molecule has 0 radical (unpaired) electrons. The van der Waals surface area contributed by atoms with Crippen LogP contribution in [0.3, 0.4) is 0 Å². The van der Waals surface area contributed by atoms with Crippen LogP contribution in [-0.2, 0) is 62.2 Å². The molecule has 2 aliphatic rings. The number of rotatable bonds is 9. The Balaban J connectivity index is 1.92. The molecule has 154 valence electrons. The van der Waals surface area contributed by atoms with Crippen LogP contribution in [0, 0.1) is 0 Å². The van der Waals surface area contributed by atoms with E-state index >= 15 is 0 Å². The zero-order valence-corrected chi connectivity index (χ0v) is 20.2. The summed E-state index contributed by atoms with van der Waals surface area (Å²) in [6.07, 6.45) is -3.59. The zero-order chi connectivity index (χ0) is 20.9. The van der Waals surface area contributed by atoms with Crippen LogP contribution in [0.15, 0.2) is 0 Å². The molecule has 0 amide bonds. The van der Waals surface area contributed by atoms with E-state index < -0.39 is 57.0 Å². The van der Waals surface area contributed by atoms with Crippen molar-refractivity contribution in [3.8, 4) is 0 Å². The molecule has 0 aromatic carbocycles. The van der Waals surface area contributed by atoms with E-state index in [0.717, 1.165) is 6.66 Å². The molecule has 11 nitrogen and oxygen atoms in total. The van der Waals surface area contributed by atoms with E-state index in [1.807, 2.05) is 0 Å². The fourth-order valence-corrected chi connectivity index (χ4v) is 13.8.